The van der Waals surface area contributed by atoms with Gasteiger partial charge in [0, 0.05) is 16.9 Å². The SMILES string of the molecule is CCC(Sc1nc2ncccc2c(=O)n1Cc1ccccc1Cl)C(=O)Nc1ccc(F)cc1. The smallest absolute Gasteiger partial charge is 0.263 e. The largest absolute Gasteiger partial charge is 0.325 e. The molecule has 0 bridgehead atoms. The molecule has 4 aromatic rings. The van der Waals surface area contributed by atoms with E-state index in [9.17, 15) is 14.0 Å². The molecule has 0 spiro atoms. The zero-order valence-electron chi connectivity index (χ0n) is 17.7. The van der Waals surface area contributed by atoms with Crippen molar-refractivity contribution >= 4 is 46.0 Å². The maximum absolute atomic E-state index is 13.3. The van der Waals surface area contributed by atoms with Gasteiger partial charge < -0.3 is 5.32 Å². The lowest BCUT2D eigenvalue weighted by Gasteiger charge is -2.18. The van der Waals surface area contributed by atoms with Crippen LogP contribution in [-0.4, -0.2) is 25.7 Å². The van der Waals surface area contributed by atoms with Gasteiger partial charge in [0.1, 0.15) is 5.82 Å². The van der Waals surface area contributed by atoms with Gasteiger partial charge in [0.25, 0.3) is 5.56 Å². The molecule has 1 N–H and O–H groups in total. The maximum Gasteiger partial charge on any atom is 0.263 e. The van der Waals surface area contributed by atoms with E-state index in [-0.39, 0.29) is 23.8 Å². The number of benzene rings is 2. The van der Waals surface area contributed by atoms with Crippen LogP contribution in [0, 0.1) is 5.82 Å². The number of amides is 1. The summed E-state index contributed by atoms with van der Waals surface area (Å²) in [6, 6.07) is 16.2. The molecule has 2 heterocycles. The number of anilines is 1. The molecule has 0 radical (unpaired) electrons. The summed E-state index contributed by atoms with van der Waals surface area (Å²) in [7, 11) is 0. The summed E-state index contributed by atoms with van der Waals surface area (Å²) >= 11 is 7.52. The fourth-order valence-corrected chi connectivity index (χ4v) is 4.46. The van der Waals surface area contributed by atoms with Crippen molar-refractivity contribution in [1.82, 2.24) is 14.5 Å². The third-order valence-electron chi connectivity index (χ3n) is 5.00. The predicted molar refractivity (Wildman–Crippen MR) is 129 cm³/mol. The Labute approximate surface area is 198 Å². The molecule has 0 aliphatic heterocycles. The average molecular weight is 483 g/mol. The molecule has 33 heavy (non-hydrogen) atoms. The first-order valence-electron chi connectivity index (χ1n) is 10.3. The van der Waals surface area contributed by atoms with E-state index in [0.29, 0.717) is 33.3 Å². The number of rotatable bonds is 7. The molecule has 168 valence electrons. The number of halogens is 2. The van der Waals surface area contributed by atoms with Gasteiger partial charge in [0.2, 0.25) is 5.91 Å². The van der Waals surface area contributed by atoms with Crippen molar-refractivity contribution in [2.24, 2.45) is 0 Å². The number of nitrogens with one attached hydrogen (secondary N) is 1. The highest BCUT2D eigenvalue weighted by molar-refractivity contribution is 8.00. The number of thioether (sulfide) groups is 1. The van der Waals surface area contributed by atoms with Gasteiger partial charge in [-0.2, -0.15) is 0 Å². The zero-order valence-corrected chi connectivity index (χ0v) is 19.2. The average Bonchev–Trinajstić information content (AvgIpc) is 2.82. The van der Waals surface area contributed by atoms with Crippen LogP contribution in [0.4, 0.5) is 10.1 Å². The molecular weight excluding hydrogens is 463 g/mol. The van der Waals surface area contributed by atoms with Crippen molar-refractivity contribution in [3.05, 3.63) is 93.6 Å². The van der Waals surface area contributed by atoms with Crippen LogP contribution in [0.25, 0.3) is 11.0 Å². The van der Waals surface area contributed by atoms with Gasteiger partial charge >= 0.3 is 0 Å². The Bertz CT molecular complexity index is 1360. The monoisotopic (exact) mass is 482 g/mol. The number of hydrogen-bond donors (Lipinski definition) is 1. The highest BCUT2D eigenvalue weighted by atomic mass is 35.5. The molecule has 0 saturated heterocycles. The first-order chi connectivity index (χ1) is 16.0. The second-order valence-electron chi connectivity index (χ2n) is 7.26. The predicted octanol–water partition coefficient (Wildman–Crippen LogP) is 5.14. The highest BCUT2D eigenvalue weighted by Crippen LogP contribution is 2.27. The Kier molecular flexibility index (Phi) is 7.05. The standard InChI is InChI=1S/C24H20ClFN4O2S/c1-2-20(22(31)28-17-11-9-16(26)10-12-17)33-24-29-21-18(7-5-13-27-21)23(32)30(24)14-15-6-3-4-8-19(15)25/h3-13,20H,2,14H2,1H3,(H,28,31). The van der Waals surface area contributed by atoms with Gasteiger partial charge in [-0.1, -0.05) is 48.5 Å². The molecule has 2 aromatic carbocycles. The summed E-state index contributed by atoms with van der Waals surface area (Å²) < 4.78 is 14.7. The van der Waals surface area contributed by atoms with Crippen LogP contribution >= 0.6 is 23.4 Å². The molecule has 0 aliphatic carbocycles. The second kappa shape index (κ2) is 10.1. The molecule has 1 atom stereocenters. The van der Waals surface area contributed by atoms with Crippen LogP contribution in [0.5, 0.6) is 0 Å². The Hall–Kier alpha value is -3.23. The van der Waals surface area contributed by atoms with Crippen molar-refractivity contribution in [1.29, 1.82) is 0 Å². The minimum Gasteiger partial charge on any atom is -0.325 e. The fraction of sp³-hybridized carbons (Fsp3) is 0.167. The number of fused-ring (bicyclic) bond motifs is 1. The normalized spacial score (nSPS) is 12.0. The van der Waals surface area contributed by atoms with Gasteiger partial charge in [-0.3, -0.25) is 14.2 Å². The van der Waals surface area contributed by atoms with Crippen LogP contribution in [0.1, 0.15) is 18.9 Å². The van der Waals surface area contributed by atoms with Crippen LogP contribution in [0.3, 0.4) is 0 Å². The molecule has 0 aliphatic rings. The van der Waals surface area contributed by atoms with Crippen LogP contribution < -0.4 is 10.9 Å². The second-order valence-corrected chi connectivity index (χ2v) is 8.84. The third-order valence-corrected chi connectivity index (χ3v) is 6.73. The van der Waals surface area contributed by atoms with Gasteiger partial charge in [0.15, 0.2) is 10.8 Å². The quantitative estimate of drug-likeness (QED) is 0.291. The minimum atomic E-state index is -0.541. The Balaban J connectivity index is 1.70. The molecule has 9 heteroatoms. The lowest BCUT2D eigenvalue weighted by molar-refractivity contribution is -0.115. The topological polar surface area (TPSA) is 76.9 Å². The van der Waals surface area contributed by atoms with E-state index in [0.717, 1.165) is 5.56 Å². The summed E-state index contributed by atoms with van der Waals surface area (Å²) in [4.78, 5) is 35.1. The first-order valence-corrected chi connectivity index (χ1v) is 11.5. The molecule has 2 aromatic heterocycles. The number of carbonyl (C=O) groups is 1. The van der Waals surface area contributed by atoms with Gasteiger partial charge in [-0.05, 0) is 54.4 Å². The van der Waals surface area contributed by atoms with E-state index < -0.39 is 5.25 Å². The molecule has 6 nitrogen and oxygen atoms in total. The van der Waals surface area contributed by atoms with Gasteiger partial charge in [-0.25, -0.2) is 14.4 Å². The highest BCUT2D eigenvalue weighted by Gasteiger charge is 2.23. The summed E-state index contributed by atoms with van der Waals surface area (Å²) in [5.41, 5.74) is 1.30. The Morgan fingerprint density at radius 1 is 1.15 bits per heavy atom. The van der Waals surface area contributed by atoms with Crippen molar-refractivity contribution in [2.75, 3.05) is 5.32 Å². The molecule has 1 unspecified atom stereocenters. The lowest BCUT2D eigenvalue weighted by Crippen LogP contribution is -2.28. The number of carbonyl (C=O) groups excluding carboxylic acids is 1. The van der Waals surface area contributed by atoms with Crippen molar-refractivity contribution in [3.8, 4) is 0 Å². The van der Waals surface area contributed by atoms with E-state index >= 15 is 0 Å². The van der Waals surface area contributed by atoms with E-state index in [1.165, 1.54) is 40.6 Å². The van der Waals surface area contributed by atoms with E-state index in [4.69, 9.17) is 11.6 Å². The molecule has 0 saturated carbocycles. The van der Waals surface area contributed by atoms with Gasteiger partial charge in [0.05, 0.1) is 17.2 Å². The lowest BCUT2D eigenvalue weighted by atomic mass is 10.2. The summed E-state index contributed by atoms with van der Waals surface area (Å²) in [6.07, 6.45) is 2.06. The summed E-state index contributed by atoms with van der Waals surface area (Å²) in [5.74, 6) is -0.653. The van der Waals surface area contributed by atoms with E-state index in [2.05, 4.69) is 15.3 Å². The summed E-state index contributed by atoms with van der Waals surface area (Å²) in [5, 5.41) is 3.54. The van der Waals surface area contributed by atoms with Crippen LogP contribution in [-0.2, 0) is 11.3 Å². The van der Waals surface area contributed by atoms with E-state index in [1.54, 1.807) is 24.4 Å². The molecule has 0 fully saturated rings. The number of aromatic nitrogens is 3. The number of hydrogen-bond acceptors (Lipinski definition) is 5. The zero-order chi connectivity index (χ0) is 23.4. The van der Waals surface area contributed by atoms with Crippen molar-refractivity contribution < 1.29 is 9.18 Å². The Morgan fingerprint density at radius 3 is 2.64 bits per heavy atom. The first kappa shape index (κ1) is 22.9. The van der Waals surface area contributed by atoms with Gasteiger partial charge in [-0.15, -0.1) is 0 Å². The number of nitrogens with zero attached hydrogens (tertiary/aromatic N) is 3. The third kappa shape index (κ3) is 5.23. The maximum atomic E-state index is 13.3. The summed E-state index contributed by atoms with van der Waals surface area (Å²) in [6.45, 7) is 2.08. The molecule has 4 rings (SSSR count). The van der Waals surface area contributed by atoms with Crippen LogP contribution in [0.2, 0.25) is 5.02 Å². The van der Waals surface area contributed by atoms with Crippen molar-refractivity contribution in [3.63, 3.8) is 0 Å². The van der Waals surface area contributed by atoms with Crippen LogP contribution in [0.15, 0.2) is 76.8 Å². The Morgan fingerprint density at radius 2 is 1.91 bits per heavy atom. The molecule has 1 amide bonds. The molecular formula is C24H20ClFN4O2S. The van der Waals surface area contributed by atoms with E-state index in [1.807, 2.05) is 25.1 Å². The fourth-order valence-electron chi connectivity index (χ4n) is 3.27. The van der Waals surface area contributed by atoms with Crippen molar-refractivity contribution in [2.45, 2.75) is 30.3 Å². The minimum absolute atomic E-state index is 0.203. The number of pyridine rings is 1.